The largest absolute Gasteiger partial charge is 0.354 e. The smallest absolute Gasteiger partial charge is 0.239 e. The van der Waals surface area contributed by atoms with E-state index in [0.29, 0.717) is 36.0 Å². The molecule has 0 fully saturated rings. The lowest BCUT2D eigenvalue weighted by Gasteiger charge is -2.20. The van der Waals surface area contributed by atoms with E-state index in [0.717, 1.165) is 11.1 Å². The van der Waals surface area contributed by atoms with E-state index in [1.807, 2.05) is 48.5 Å². The zero-order chi connectivity index (χ0) is 18.9. The van der Waals surface area contributed by atoms with Gasteiger partial charge in [-0.15, -0.1) is 0 Å². The van der Waals surface area contributed by atoms with Gasteiger partial charge >= 0.3 is 0 Å². The number of nitrogens with one attached hydrogen (secondary N) is 1. The first kappa shape index (κ1) is 20.3. The molecule has 0 atom stereocenters. The number of carbonyl (C=O) groups is 2. The van der Waals surface area contributed by atoms with Crippen LogP contribution < -0.4 is 5.32 Å². The number of rotatable bonds is 8. The number of carbonyl (C=O) groups excluding carboxylic acids is 2. The highest BCUT2D eigenvalue weighted by molar-refractivity contribution is 6.30. The van der Waals surface area contributed by atoms with Crippen LogP contribution in [0.3, 0.4) is 0 Å². The van der Waals surface area contributed by atoms with Crippen LogP contribution >= 0.6 is 23.2 Å². The van der Waals surface area contributed by atoms with Crippen LogP contribution in [0.2, 0.25) is 10.0 Å². The third kappa shape index (κ3) is 7.06. The predicted molar refractivity (Wildman–Crippen MR) is 106 cm³/mol. The number of nitrogens with zero attached hydrogens (tertiary/aromatic N) is 1. The molecule has 0 aliphatic carbocycles. The Hall–Kier alpha value is -2.04. The van der Waals surface area contributed by atoms with Gasteiger partial charge in [-0.2, -0.15) is 0 Å². The highest BCUT2D eigenvalue weighted by atomic mass is 35.5. The summed E-state index contributed by atoms with van der Waals surface area (Å²) in [4.78, 5) is 25.5. The number of benzene rings is 2. The standard InChI is InChI=1S/C20H22Cl2N2O2/c1-15(25)24(12-10-16-5-7-18(21)8-6-16)14-20(26)23-11-9-17-3-2-4-19(22)13-17/h2-8,13H,9-12,14H2,1H3,(H,23,26). The van der Waals surface area contributed by atoms with Gasteiger partial charge in [0.2, 0.25) is 11.8 Å². The third-order valence-electron chi connectivity index (χ3n) is 3.99. The first-order valence-corrected chi connectivity index (χ1v) is 9.21. The zero-order valence-electron chi connectivity index (χ0n) is 14.7. The van der Waals surface area contributed by atoms with Crippen molar-refractivity contribution >= 4 is 35.0 Å². The van der Waals surface area contributed by atoms with Crippen molar-refractivity contribution in [3.05, 3.63) is 69.7 Å². The SMILES string of the molecule is CC(=O)N(CCc1ccc(Cl)cc1)CC(=O)NCCc1cccc(Cl)c1. The molecule has 2 aromatic carbocycles. The van der Waals surface area contributed by atoms with Gasteiger partial charge in [-0.1, -0.05) is 47.5 Å². The molecule has 0 bridgehead atoms. The van der Waals surface area contributed by atoms with Crippen molar-refractivity contribution < 1.29 is 9.59 Å². The Morgan fingerprint density at radius 1 is 0.962 bits per heavy atom. The van der Waals surface area contributed by atoms with Gasteiger partial charge in [-0.3, -0.25) is 9.59 Å². The van der Waals surface area contributed by atoms with Crippen molar-refractivity contribution in [2.75, 3.05) is 19.6 Å². The molecule has 0 unspecified atom stereocenters. The molecule has 6 heteroatoms. The van der Waals surface area contributed by atoms with Crippen LogP contribution in [0.15, 0.2) is 48.5 Å². The molecule has 2 rings (SSSR count). The summed E-state index contributed by atoms with van der Waals surface area (Å²) in [6.07, 6.45) is 1.36. The number of hydrogen-bond acceptors (Lipinski definition) is 2. The van der Waals surface area contributed by atoms with Crippen LogP contribution in [-0.4, -0.2) is 36.3 Å². The van der Waals surface area contributed by atoms with Gasteiger partial charge in [-0.05, 0) is 48.2 Å². The molecule has 2 aromatic rings. The Morgan fingerprint density at radius 2 is 1.69 bits per heavy atom. The number of halogens is 2. The van der Waals surface area contributed by atoms with E-state index < -0.39 is 0 Å². The first-order chi connectivity index (χ1) is 12.4. The highest BCUT2D eigenvalue weighted by Crippen LogP contribution is 2.11. The molecule has 138 valence electrons. The van der Waals surface area contributed by atoms with Gasteiger partial charge in [0, 0.05) is 30.1 Å². The maximum Gasteiger partial charge on any atom is 0.239 e. The summed E-state index contributed by atoms with van der Waals surface area (Å²) in [6.45, 7) is 2.51. The minimum Gasteiger partial charge on any atom is -0.354 e. The Bertz CT molecular complexity index is 748. The molecular formula is C20H22Cl2N2O2. The quantitative estimate of drug-likeness (QED) is 0.743. The average Bonchev–Trinajstić information content (AvgIpc) is 2.60. The summed E-state index contributed by atoms with van der Waals surface area (Å²) in [7, 11) is 0. The molecular weight excluding hydrogens is 371 g/mol. The Kier molecular flexibility index (Phi) is 7.95. The summed E-state index contributed by atoms with van der Waals surface area (Å²) in [5.74, 6) is -0.290. The van der Waals surface area contributed by atoms with E-state index in [9.17, 15) is 9.59 Å². The molecule has 1 N–H and O–H groups in total. The van der Waals surface area contributed by atoms with Crippen molar-refractivity contribution in [1.82, 2.24) is 10.2 Å². The van der Waals surface area contributed by atoms with E-state index in [1.165, 1.54) is 6.92 Å². The number of amides is 2. The Balaban J connectivity index is 1.77. The van der Waals surface area contributed by atoms with Crippen LogP contribution in [0, 0.1) is 0 Å². The monoisotopic (exact) mass is 392 g/mol. The lowest BCUT2D eigenvalue weighted by atomic mass is 10.1. The van der Waals surface area contributed by atoms with Gasteiger partial charge in [0.1, 0.15) is 0 Å². The minimum absolute atomic E-state index is 0.0540. The van der Waals surface area contributed by atoms with Crippen molar-refractivity contribution in [1.29, 1.82) is 0 Å². The van der Waals surface area contributed by atoms with Gasteiger partial charge in [0.25, 0.3) is 0 Å². The maximum absolute atomic E-state index is 12.1. The first-order valence-electron chi connectivity index (χ1n) is 8.45. The van der Waals surface area contributed by atoms with Crippen molar-refractivity contribution in [2.24, 2.45) is 0 Å². The summed E-state index contributed by atoms with van der Waals surface area (Å²) in [5.41, 5.74) is 2.13. The highest BCUT2D eigenvalue weighted by Gasteiger charge is 2.13. The normalized spacial score (nSPS) is 10.4. The third-order valence-corrected chi connectivity index (χ3v) is 4.48. The van der Waals surface area contributed by atoms with E-state index >= 15 is 0 Å². The van der Waals surface area contributed by atoms with Gasteiger partial charge in [-0.25, -0.2) is 0 Å². The van der Waals surface area contributed by atoms with E-state index in [1.54, 1.807) is 4.90 Å². The van der Waals surface area contributed by atoms with Crippen LogP contribution in [0.25, 0.3) is 0 Å². The molecule has 0 aliphatic rings. The summed E-state index contributed by atoms with van der Waals surface area (Å²) < 4.78 is 0. The van der Waals surface area contributed by atoms with Crippen molar-refractivity contribution in [3.63, 3.8) is 0 Å². The predicted octanol–water partition coefficient (Wildman–Crippen LogP) is 3.74. The second-order valence-corrected chi connectivity index (χ2v) is 6.92. The molecule has 0 aliphatic heterocycles. The van der Waals surface area contributed by atoms with Crippen LogP contribution in [0.4, 0.5) is 0 Å². The zero-order valence-corrected chi connectivity index (χ0v) is 16.2. The lowest BCUT2D eigenvalue weighted by molar-refractivity contribution is -0.134. The molecule has 0 radical (unpaired) electrons. The Labute approximate surface area is 164 Å². The second-order valence-electron chi connectivity index (χ2n) is 6.05. The molecule has 0 saturated carbocycles. The molecule has 0 aromatic heterocycles. The molecule has 2 amide bonds. The molecule has 4 nitrogen and oxygen atoms in total. The molecule has 0 heterocycles. The van der Waals surface area contributed by atoms with Crippen molar-refractivity contribution in [2.45, 2.75) is 19.8 Å². The van der Waals surface area contributed by atoms with Gasteiger partial charge in [0.05, 0.1) is 6.54 Å². The van der Waals surface area contributed by atoms with Crippen LogP contribution in [0.5, 0.6) is 0 Å². The van der Waals surface area contributed by atoms with Crippen LogP contribution in [0.1, 0.15) is 18.1 Å². The fourth-order valence-corrected chi connectivity index (χ4v) is 2.87. The van der Waals surface area contributed by atoms with Crippen LogP contribution in [-0.2, 0) is 22.4 Å². The molecule has 0 saturated heterocycles. The summed E-state index contributed by atoms with van der Waals surface area (Å²) >= 11 is 11.8. The second kappa shape index (κ2) is 10.2. The van der Waals surface area contributed by atoms with E-state index in [-0.39, 0.29) is 18.4 Å². The topological polar surface area (TPSA) is 49.4 Å². The van der Waals surface area contributed by atoms with E-state index in [4.69, 9.17) is 23.2 Å². The average molecular weight is 393 g/mol. The van der Waals surface area contributed by atoms with Gasteiger partial charge in [0.15, 0.2) is 0 Å². The molecule has 26 heavy (non-hydrogen) atoms. The molecule has 0 spiro atoms. The van der Waals surface area contributed by atoms with Crippen molar-refractivity contribution in [3.8, 4) is 0 Å². The minimum atomic E-state index is -0.168. The lowest BCUT2D eigenvalue weighted by Crippen LogP contribution is -2.41. The van der Waals surface area contributed by atoms with Gasteiger partial charge < -0.3 is 10.2 Å². The Morgan fingerprint density at radius 3 is 2.35 bits per heavy atom. The fraction of sp³-hybridized carbons (Fsp3) is 0.300. The summed E-state index contributed by atoms with van der Waals surface area (Å²) in [5, 5.41) is 4.20. The maximum atomic E-state index is 12.1. The fourth-order valence-electron chi connectivity index (χ4n) is 2.53. The number of hydrogen-bond donors (Lipinski definition) is 1. The van der Waals surface area contributed by atoms with E-state index in [2.05, 4.69) is 5.32 Å². The summed E-state index contributed by atoms with van der Waals surface area (Å²) in [6, 6.07) is 15.0.